The Morgan fingerprint density at radius 3 is 2.90 bits per heavy atom. The highest BCUT2D eigenvalue weighted by molar-refractivity contribution is 5.75. The molecule has 0 aliphatic heterocycles. The molecule has 1 saturated carbocycles. The molecular weight excluding hydrogens is 254 g/mol. The van der Waals surface area contributed by atoms with E-state index in [0.29, 0.717) is 17.7 Å². The van der Waals surface area contributed by atoms with Crippen molar-refractivity contribution >= 4 is 11.6 Å². The first kappa shape index (κ1) is 14.7. The fourth-order valence-corrected chi connectivity index (χ4v) is 2.72. The lowest BCUT2D eigenvalue weighted by Crippen LogP contribution is -2.36. The first-order valence-electron chi connectivity index (χ1n) is 7.17. The third-order valence-electron chi connectivity index (χ3n) is 3.78. The van der Waals surface area contributed by atoms with Gasteiger partial charge in [-0.25, -0.2) is 0 Å². The Labute approximate surface area is 119 Å². The summed E-state index contributed by atoms with van der Waals surface area (Å²) in [6.45, 7) is 0.619. The molecule has 2 atom stereocenters. The topological polar surface area (TPSA) is 90.4 Å². The molecule has 0 aromatic heterocycles. The van der Waals surface area contributed by atoms with Crippen molar-refractivity contribution in [2.75, 3.05) is 18.5 Å². The summed E-state index contributed by atoms with van der Waals surface area (Å²) in [5, 5.41) is 3.53. The standard InChI is InChI=1S/C15H23N3O2/c16-9-11-4-1-2-7-14(11)18-12-5-3-6-13(8-12)20-10-15(17)19/h3,5-6,8,11,14,18H,1-2,4,7,9-10,16H2,(H2,17,19). The Balaban J connectivity index is 1.97. The second kappa shape index (κ2) is 7.14. The summed E-state index contributed by atoms with van der Waals surface area (Å²) in [6, 6.07) is 8.03. The van der Waals surface area contributed by atoms with Crippen LogP contribution in [0, 0.1) is 5.92 Å². The number of hydrogen-bond donors (Lipinski definition) is 3. The van der Waals surface area contributed by atoms with Gasteiger partial charge in [0.05, 0.1) is 0 Å². The molecule has 2 rings (SSSR count). The van der Waals surface area contributed by atoms with Gasteiger partial charge in [-0.15, -0.1) is 0 Å². The van der Waals surface area contributed by atoms with Crippen LogP contribution in [0.3, 0.4) is 0 Å². The zero-order valence-corrected chi connectivity index (χ0v) is 11.7. The molecule has 5 N–H and O–H groups in total. The van der Waals surface area contributed by atoms with Gasteiger partial charge in [-0.2, -0.15) is 0 Å². The van der Waals surface area contributed by atoms with Gasteiger partial charge in [0.1, 0.15) is 5.75 Å². The van der Waals surface area contributed by atoms with Gasteiger partial charge in [-0.1, -0.05) is 18.9 Å². The molecule has 0 saturated heterocycles. The van der Waals surface area contributed by atoms with Crippen molar-refractivity contribution in [1.29, 1.82) is 0 Å². The summed E-state index contributed by atoms with van der Waals surface area (Å²) in [5.74, 6) is 0.701. The molecule has 1 aromatic carbocycles. The highest BCUT2D eigenvalue weighted by Gasteiger charge is 2.23. The number of hydrogen-bond acceptors (Lipinski definition) is 4. The number of carbonyl (C=O) groups excluding carboxylic acids is 1. The smallest absolute Gasteiger partial charge is 0.255 e. The van der Waals surface area contributed by atoms with E-state index in [1.807, 2.05) is 24.3 Å². The first-order chi connectivity index (χ1) is 9.69. The fraction of sp³-hybridized carbons (Fsp3) is 0.533. The van der Waals surface area contributed by atoms with Crippen molar-refractivity contribution in [2.45, 2.75) is 31.7 Å². The summed E-state index contributed by atoms with van der Waals surface area (Å²) < 4.78 is 5.31. The predicted octanol–water partition coefficient (Wildman–Crippen LogP) is 1.48. The van der Waals surface area contributed by atoms with Crippen LogP contribution in [0.25, 0.3) is 0 Å². The van der Waals surface area contributed by atoms with E-state index in [-0.39, 0.29) is 6.61 Å². The summed E-state index contributed by atoms with van der Waals surface area (Å²) in [4.78, 5) is 10.7. The average Bonchev–Trinajstić information content (AvgIpc) is 2.46. The Bertz CT molecular complexity index is 450. The normalized spacial score (nSPS) is 22.2. The number of amides is 1. The Morgan fingerprint density at radius 1 is 1.35 bits per heavy atom. The minimum Gasteiger partial charge on any atom is -0.484 e. The van der Waals surface area contributed by atoms with Crippen LogP contribution in [0.5, 0.6) is 5.75 Å². The third kappa shape index (κ3) is 4.13. The molecule has 1 fully saturated rings. The maximum Gasteiger partial charge on any atom is 0.255 e. The Morgan fingerprint density at radius 2 is 2.15 bits per heavy atom. The van der Waals surface area contributed by atoms with Crippen molar-refractivity contribution in [3.63, 3.8) is 0 Å². The van der Waals surface area contributed by atoms with Crippen molar-refractivity contribution in [2.24, 2.45) is 17.4 Å². The fourth-order valence-electron chi connectivity index (χ4n) is 2.72. The number of nitrogens with two attached hydrogens (primary N) is 2. The SMILES string of the molecule is NCC1CCCCC1Nc1cccc(OCC(N)=O)c1. The van der Waals surface area contributed by atoms with Crippen LogP contribution in [0.4, 0.5) is 5.69 Å². The molecule has 0 spiro atoms. The number of nitrogens with one attached hydrogen (secondary N) is 1. The number of benzene rings is 1. The molecule has 110 valence electrons. The van der Waals surface area contributed by atoms with E-state index in [1.54, 1.807) is 0 Å². The average molecular weight is 277 g/mol. The van der Waals surface area contributed by atoms with E-state index in [0.717, 1.165) is 18.7 Å². The molecule has 1 aliphatic rings. The summed E-state index contributed by atoms with van der Waals surface area (Å²) in [7, 11) is 0. The van der Waals surface area contributed by atoms with Crippen LogP contribution in [-0.4, -0.2) is 25.1 Å². The van der Waals surface area contributed by atoms with Crippen molar-refractivity contribution in [1.82, 2.24) is 0 Å². The van der Waals surface area contributed by atoms with Crippen molar-refractivity contribution in [3.8, 4) is 5.75 Å². The van der Waals surface area contributed by atoms with Gasteiger partial charge in [0, 0.05) is 17.8 Å². The molecule has 1 amide bonds. The largest absolute Gasteiger partial charge is 0.484 e. The van der Waals surface area contributed by atoms with Gasteiger partial charge in [0.25, 0.3) is 5.91 Å². The van der Waals surface area contributed by atoms with E-state index < -0.39 is 5.91 Å². The van der Waals surface area contributed by atoms with Crippen LogP contribution in [-0.2, 0) is 4.79 Å². The molecule has 1 aliphatic carbocycles. The second-order valence-corrected chi connectivity index (χ2v) is 5.31. The van der Waals surface area contributed by atoms with E-state index in [4.69, 9.17) is 16.2 Å². The van der Waals surface area contributed by atoms with Crippen molar-refractivity contribution < 1.29 is 9.53 Å². The monoisotopic (exact) mass is 277 g/mol. The Hall–Kier alpha value is -1.75. The molecule has 2 unspecified atom stereocenters. The highest BCUT2D eigenvalue weighted by atomic mass is 16.5. The van der Waals surface area contributed by atoms with E-state index in [2.05, 4.69) is 5.32 Å². The molecule has 0 radical (unpaired) electrons. The highest BCUT2D eigenvalue weighted by Crippen LogP contribution is 2.27. The van der Waals surface area contributed by atoms with Gasteiger partial charge in [0.2, 0.25) is 0 Å². The molecule has 0 heterocycles. The summed E-state index contributed by atoms with van der Waals surface area (Å²) in [5.41, 5.74) is 11.9. The van der Waals surface area contributed by atoms with Crippen molar-refractivity contribution in [3.05, 3.63) is 24.3 Å². The number of primary amides is 1. The number of rotatable bonds is 6. The van der Waals surface area contributed by atoms with Crippen LogP contribution in [0.1, 0.15) is 25.7 Å². The molecular formula is C15H23N3O2. The minimum absolute atomic E-state index is 0.0989. The van der Waals surface area contributed by atoms with Gasteiger partial charge < -0.3 is 21.5 Å². The van der Waals surface area contributed by atoms with Crippen LogP contribution in [0.2, 0.25) is 0 Å². The van der Waals surface area contributed by atoms with Crippen LogP contribution < -0.4 is 21.5 Å². The van der Waals surface area contributed by atoms with Gasteiger partial charge in [0.15, 0.2) is 6.61 Å². The quantitative estimate of drug-likeness (QED) is 0.734. The zero-order chi connectivity index (χ0) is 14.4. The predicted molar refractivity (Wildman–Crippen MR) is 79.6 cm³/mol. The van der Waals surface area contributed by atoms with E-state index >= 15 is 0 Å². The van der Waals surface area contributed by atoms with Crippen LogP contribution in [0.15, 0.2) is 24.3 Å². The van der Waals surface area contributed by atoms with E-state index in [1.165, 1.54) is 19.3 Å². The minimum atomic E-state index is -0.473. The molecule has 5 heteroatoms. The third-order valence-corrected chi connectivity index (χ3v) is 3.78. The van der Waals surface area contributed by atoms with Gasteiger partial charge in [-0.05, 0) is 37.4 Å². The maximum absolute atomic E-state index is 10.7. The summed E-state index contributed by atoms with van der Waals surface area (Å²) >= 11 is 0. The molecule has 5 nitrogen and oxygen atoms in total. The van der Waals surface area contributed by atoms with Crippen LogP contribution >= 0.6 is 0 Å². The summed E-state index contributed by atoms with van der Waals surface area (Å²) in [6.07, 6.45) is 4.84. The van der Waals surface area contributed by atoms with Gasteiger partial charge in [-0.3, -0.25) is 4.79 Å². The number of carbonyl (C=O) groups is 1. The lowest BCUT2D eigenvalue weighted by Gasteiger charge is -2.32. The molecule has 0 bridgehead atoms. The number of ether oxygens (including phenoxy) is 1. The zero-order valence-electron chi connectivity index (χ0n) is 11.7. The van der Waals surface area contributed by atoms with Gasteiger partial charge >= 0.3 is 0 Å². The maximum atomic E-state index is 10.7. The first-order valence-corrected chi connectivity index (χ1v) is 7.17. The molecule has 20 heavy (non-hydrogen) atoms. The Kier molecular flexibility index (Phi) is 5.24. The lowest BCUT2D eigenvalue weighted by molar-refractivity contribution is -0.119. The number of anilines is 1. The lowest BCUT2D eigenvalue weighted by atomic mass is 9.84. The second-order valence-electron chi connectivity index (χ2n) is 5.31. The van der Waals surface area contributed by atoms with E-state index in [9.17, 15) is 4.79 Å². The molecule has 1 aromatic rings.